The zero-order chi connectivity index (χ0) is 10.1. The summed E-state index contributed by atoms with van der Waals surface area (Å²) in [6, 6.07) is 4.73. The van der Waals surface area contributed by atoms with E-state index in [9.17, 15) is 0 Å². The fraction of sp³-hybridized carbons (Fsp3) is 0.667. The predicted molar refractivity (Wildman–Crippen MR) is 58.5 cm³/mol. The van der Waals surface area contributed by atoms with E-state index in [4.69, 9.17) is 4.74 Å². The molecular weight excluding hydrogens is 188 g/mol. The largest absolute Gasteiger partial charge is 0.376 e. The molecule has 3 rings (SSSR count). The molecule has 3 nitrogen and oxygen atoms in total. The van der Waals surface area contributed by atoms with Crippen LogP contribution in [0.2, 0.25) is 0 Å². The maximum atomic E-state index is 5.79. The fourth-order valence-electron chi connectivity index (χ4n) is 2.44. The molecule has 0 bridgehead atoms. The van der Waals surface area contributed by atoms with Gasteiger partial charge in [-0.25, -0.2) is 0 Å². The van der Waals surface area contributed by atoms with Gasteiger partial charge in [0.05, 0.1) is 6.10 Å². The van der Waals surface area contributed by atoms with Gasteiger partial charge in [0.1, 0.15) is 0 Å². The van der Waals surface area contributed by atoms with Crippen LogP contribution in [0, 0.1) is 5.92 Å². The van der Waals surface area contributed by atoms with Gasteiger partial charge in [0.2, 0.25) is 0 Å². The third-order valence-electron chi connectivity index (χ3n) is 3.44. The second-order valence-electron chi connectivity index (χ2n) is 4.64. The number of ether oxygens (including phenoxy) is 1. The Morgan fingerprint density at radius 1 is 1.40 bits per heavy atom. The lowest BCUT2D eigenvalue weighted by molar-refractivity contribution is 0.0808. The minimum absolute atomic E-state index is 0.486. The number of aromatic amines is 1. The second kappa shape index (κ2) is 3.99. The van der Waals surface area contributed by atoms with E-state index in [2.05, 4.69) is 16.4 Å². The van der Waals surface area contributed by atoms with E-state index in [1.165, 1.54) is 25.0 Å². The van der Waals surface area contributed by atoms with Crippen LogP contribution >= 0.6 is 0 Å². The zero-order valence-corrected chi connectivity index (χ0v) is 8.91. The summed E-state index contributed by atoms with van der Waals surface area (Å²) in [6.45, 7) is 1.87. The van der Waals surface area contributed by atoms with Crippen molar-refractivity contribution in [1.29, 1.82) is 0 Å². The summed E-state index contributed by atoms with van der Waals surface area (Å²) < 4.78 is 5.79. The van der Waals surface area contributed by atoms with Crippen LogP contribution < -0.4 is 5.32 Å². The molecule has 3 heteroatoms. The Morgan fingerprint density at radius 2 is 2.33 bits per heavy atom. The summed E-state index contributed by atoms with van der Waals surface area (Å²) in [5, 5.41) is 3.60. The van der Waals surface area contributed by atoms with Crippen LogP contribution in [0.3, 0.4) is 0 Å². The Bertz CT molecular complexity index is 305. The van der Waals surface area contributed by atoms with Crippen molar-refractivity contribution in [2.24, 2.45) is 5.92 Å². The van der Waals surface area contributed by atoms with E-state index in [1.54, 1.807) is 0 Å². The first-order chi connectivity index (χ1) is 7.43. The maximum Gasteiger partial charge on any atom is 0.0757 e. The standard InChI is InChI=1S/C12H18N2O/c1-2-10(13-6-1)8-14-11-5-7-15-12(11)9-3-4-9/h1-2,6,9,11-14H,3-5,7-8H2. The third-order valence-corrected chi connectivity index (χ3v) is 3.44. The molecule has 0 aromatic carbocycles. The van der Waals surface area contributed by atoms with Gasteiger partial charge in [0.25, 0.3) is 0 Å². The molecule has 1 aromatic heterocycles. The molecular formula is C12H18N2O. The van der Waals surface area contributed by atoms with Crippen LogP contribution in [0.1, 0.15) is 25.0 Å². The van der Waals surface area contributed by atoms with Gasteiger partial charge in [-0.1, -0.05) is 0 Å². The average molecular weight is 206 g/mol. The van der Waals surface area contributed by atoms with Gasteiger partial charge in [-0.2, -0.15) is 0 Å². The Kier molecular flexibility index (Phi) is 2.51. The topological polar surface area (TPSA) is 37.0 Å². The predicted octanol–water partition coefficient (Wildman–Crippen LogP) is 1.67. The molecule has 1 aliphatic heterocycles. The molecule has 2 atom stereocenters. The number of aromatic nitrogens is 1. The van der Waals surface area contributed by atoms with Crippen molar-refractivity contribution in [3.63, 3.8) is 0 Å². The molecule has 2 N–H and O–H groups in total. The summed E-state index contributed by atoms with van der Waals surface area (Å²) in [7, 11) is 0. The van der Waals surface area contributed by atoms with E-state index in [0.29, 0.717) is 12.1 Å². The lowest BCUT2D eigenvalue weighted by atomic mass is 10.1. The summed E-state index contributed by atoms with van der Waals surface area (Å²) >= 11 is 0. The van der Waals surface area contributed by atoms with Gasteiger partial charge in [-0.15, -0.1) is 0 Å². The highest BCUT2D eigenvalue weighted by molar-refractivity contribution is 5.04. The van der Waals surface area contributed by atoms with Crippen molar-refractivity contribution >= 4 is 0 Å². The molecule has 1 aliphatic carbocycles. The lowest BCUT2D eigenvalue weighted by Gasteiger charge is -2.19. The highest BCUT2D eigenvalue weighted by atomic mass is 16.5. The number of hydrogen-bond acceptors (Lipinski definition) is 2. The van der Waals surface area contributed by atoms with E-state index < -0.39 is 0 Å². The number of rotatable bonds is 4. The van der Waals surface area contributed by atoms with Crippen LogP contribution in [0.15, 0.2) is 18.3 Å². The molecule has 2 heterocycles. The molecule has 1 aromatic rings. The summed E-state index contributed by atoms with van der Waals surface area (Å²) in [4.78, 5) is 3.22. The minimum Gasteiger partial charge on any atom is -0.376 e. The van der Waals surface area contributed by atoms with Gasteiger partial charge >= 0.3 is 0 Å². The summed E-state index contributed by atoms with van der Waals surface area (Å²) in [6.07, 6.45) is 6.36. The SMILES string of the molecule is c1c[nH]c(CNC2CCOC2C2CC2)c1. The highest BCUT2D eigenvalue weighted by Gasteiger charge is 2.40. The second-order valence-corrected chi connectivity index (χ2v) is 4.64. The first kappa shape index (κ1) is 9.43. The van der Waals surface area contributed by atoms with Crippen molar-refractivity contribution < 1.29 is 4.74 Å². The maximum absolute atomic E-state index is 5.79. The van der Waals surface area contributed by atoms with Crippen LogP contribution in [-0.2, 0) is 11.3 Å². The van der Waals surface area contributed by atoms with Gasteiger partial charge in [0, 0.05) is 31.1 Å². The van der Waals surface area contributed by atoms with Gasteiger partial charge < -0.3 is 15.0 Å². The molecule has 1 saturated heterocycles. The van der Waals surface area contributed by atoms with Crippen LogP contribution in [0.25, 0.3) is 0 Å². The fourth-order valence-corrected chi connectivity index (χ4v) is 2.44. The average Bonchev–Trinajstić information content (AvgIpc) is 2.81. The van der Waals surface area contributed by atoms with E-state index in [1.807, 2.05) is 12.3 Å². The zero-order valence-electron chi connectivity index (χ0n) is 8.91. The Balaban J connectivity index is 1.53. The van der Waals surface area contributed by atoms with Crippen molar-refractivity contribution in [3.05, 3.63) is 24.0 Å². The molecule has 0 radical (unpaired) electrons. The molecule has 0 spiro atoms. The first-order valence-electron chi connectivity index (χ1n) is 5.91. The molecule has 2 aliphatic rings. The van der Waals surface area contributed by atoms with E-state index >= 15 is 0 Å². The normalized spacial score (nSPS) is 30.9. The van der Waals surface area contributed by atoms with E-state index in [0.717, 1.165) is 19.1 Å². The van der Waals surface area contributed by atoms with Crippen molar-refractivity contribution in [2.45, 2.75) is 38.0 Å². The number of H-pyrrole nitrogens is 1. The van der Waals surface area contributed by atoms with Crippen molar-refractivity contribution in [2.75, 3.05) is 6.61 Å². The number of hydrogen-bond donors (Lipinski definition) is 2. The van der Waals surface area contributed by atoms with Crippen molar-refractivity contribution in [3.8, 4) is 0 Å². The molecule has 2 fully saturated rings. The molecule has 82 valence electrons. The smallest absolute Gasteiger partial charge is 0.0757 e. The Hall–Kier alpha value is -0.800. The highest BCUT2D eigenvalue weighted by Crippen LogP contribution is 2.38. The van der Waals surface area contributed by atoms with Crippen LogP contribution in [0.5, 0.6) is 0 Å². The molecule has 1 saturated carbocycles. The van der Waals surface area contributed by atoms with Crippen LogP contribution in [0.4, 0.5) is 0 Å². The number of nitrogens with one attached hydrogen (secondary N) is 2. The van der Waals surface area contributed by atoms with Crippen molar-refractivity contribution in [1.82, 2.24) is 10.3 Å². The van der Waals surface area contributed by atoms with E-state index in [-0.39, 0.29) is 0 Å². The quantitative estimate of drug-likeness (QED) is 0.786. The monoisotopic (exact) mass is 206 g/mol. The van der Waals surface area contributed by atoms with Gasteiger partial charge in [-0.05, 0) is 37.3 Å². The van der Waals surface area contributed by atoms with Gasteiger partial charge in [-0.3, -0.25) is 0 Å². The third kappa shape index (κ3) is 2.08. The summed E-state index contributed by atoms with van der Waals surface area (Å²) in [5.41, 5.74) is 1.26. The van der Waals surface area contributed by atoms with Gasteiger partial charge in [0.15, 0.2) is 0 Å². The first-order valence-corrected chi connectivity index (χ1v) is 5.91. The lowest BCUT2D eigenvalue weighted by Crippen LogP contribution is -2.37. The Morgan fingerprint density at radius 3 is 3.07 bits per heavy atom. The molecule has 15 heavy (non-hydrogen) atoms. The van der Waals surface area contributed by atoms with Crippen LogP contribution in [-0.4, -0.2) is 23.7 Å². The summed E-state index contributed by atoms with van der Waals surface area (Å²) in [5.74, 6) is 0.841. The molecule has 2 unspecified atom stereocenters. The minimum atomic E-state index is 0.486. The molecule has 0 amide bonds. The Labute approximate surface area is 90.2 Å².